The summed E-state index contributed by atoms with van der Waals surface area (Å²) in [5, 5.41) is 2.05. The number of aromatic nitrogens is 1. The number of benzene rings is 1. The summed E-state index contributed by atoms with van der Waals surface area (Å²) in [4.78, 5) is 19.9. The van der Waals surface area contributed by atoms with Gasteiger partial charge in [0.15, 0.2) is 0 Å². The second kappa shape index (κ2) is 6.40. The highest BCUT2D eigenvalue weighted by atomic mass is 32.1. The van der Waals surface area contributed by atoms with E-state index in [9.17, 15) is 4.79 Å². The minimum Gasteiger partial charge on any atom is -0.459 e. The molecule has 5 heteroatoms. The highest BCUT2D eigenvalue weighted by molar-refractivity contribution is 7.13. The molecule has 0 radical (unpaired) electrons. The van der Waals surface area contributed by atoms with Crippen molar-refractivity contribution >= 4 is 28.2 Å². The molecule has 1 amide bonds. The molecule has 0 fully saturated rings. The highest BCUT2D eigenvalue weighted by Gasteiger charge is 2.25. The fourth-order valence-electron chi connectivity index (χ4n) is 2.60. The normalized spacial score (nSPS) is 12.8. The van der Waals surface area contributed by atoms with Gasteiger partial charge in [-0.1, -0.05) is 32.0 Å². The lowest BCUT2D eigenvalue weighted by Crippen LogP contribution is -2.29. The van der Waals surface area contributed by atoms with Crippen molar-refractivity contribution in [3.05, 3.63) is 51.7 Å². The van der Waals surface area contributed by atoms with E-state index in [1.807, 2.05) is 51.2 Å². The van der Waals surface area contributed by atoms with Crippen LogP contribution in [0.2, 0.25) is 0 Å². The number of carbonyl (C=O) groups is 1. The number of amides is 1. The van der Waals surface area contributed by atoms with Crippen molar-refractivity contribution in [3.8, 4) is 0 Å². The second-order valence-electron chi connectivity index (χ2n) is 6.40. The first-order valence-electron chi connectivity index (χ1n) is 8.11. The minimum absolute atomic E-state index is 0.00939. The fourth-order valence-corrected chi connectivity index (χ4v) is 3.65. The molecule has 0 bridgehead atoms. The van der Waals surface area contributed by atoms with Crippen LogP contribution in [0.5, 0.6) is 0 Å². The zero-order valence-corrected chi connectivity index (χ0v) is 15.5. The summed E-state index contributed by atoms with van der Waals surface area (Å²) in [7, 11) is 1.81. The number of nitrogens with zero attached hydrogens (tertiary/aromatic N) is 2. The molecule has 0 saturated carbocycles. The van der Waals surface area contributed by atoms with Gasteiger partial charge >= 0.3 is 0 Å². The van der Waals surface area contributed by atoms with Crippen molar-refractivity contribution in [2.45, 2.75) is 39.7 Å². The second-order valence-corrected chi connectivity index (χ2v) is 7.43. The van der Waals surface area contributed by atoms with Gasteiger partial charge in [-0.05, 0) is 26.0 Å². The number of fused-ring (bicyclic) bond motifs is 1. The zero-order valence-electron chi connectivity index (χ0n) is 14.7. The van der Waals surface area contributed by atoms with Crippen LogP contribution in [0.15, 0.2) is 34.7 Å². The molecule has 3 rings (SSSR count). The van der Waals surface area contributed by atoms with Crippen LogP contribution in [0.3, 0.4) is 0 Å². The highest BCUT2D eigenvalue weighted by Crippen LogP contribution is 2.30. The number of rotatable bonds is 4. The molecule has 1 aromatic carbocycles. The number of carbonyl (C=O) groups excluding carboxylic acids is 1. The van der Waals surface area contributed by atoms with Gasteiger partial charge in [-0.15, -0.1) is 11.3 Å². The van der Waals surface area contributed by atoms with E-state index in [0.29, 0.717) is 10.8 Å². The first kappa shape index (κ1) is 16.7. The quantitative estimate of drug-likeness (QED) is 0.658. The molecule has 24 heavy (non-hydrogen) atoms. The lowest BCUT2D eigenvalue weighted by Gasteiger charge is -2.22. The third-order valence-corrected chi connectivity index (χ3v) is 5.70. The van der Waals surface area contributed by atoms with Crippen molar-refractivity contribution in [2.24, 2.45) is 0 Å². The summed E-state index contributed by atoms with van der Waals surface area (Å²) < 4.78 is 5.90. The van der Waals surface area contributed by atoms with E-state index in [1.54, 1.807) is 4.90 Å². The van der Waals surface area contributed by atoms with E-state index in [0.717, 1.165) is 27.4 Å². The molecule has 0 N–H and O–H groups in total. The number of hydrogen-bond donors (Lipinski definition) is 0. The van der Waals surface area contributed by atoms with Crippen molar-refractivity contribution in [1.29, 1.82) is 0 Å². The summed E-state index contributed by atoms with van der Waals surface area (Å²) in [6.07, 6.45) is 0. The Morgan fingerprint density at radius 3 is 2.58 bits per heavy atom. The average molecular weight is 342 g/mol. The number of furan rings is 1. The van der Waals surface area contributed by atoms with Crippen LogP contribution in [-0.2, 0) is 0 Å². The third kappa shape index (κ3) is 2.96. The molecule has 126 valence electrons. The first-order chi connectivity index (χ1) is 11.4. The minimum atomic E-state index is -0.145. The Morgan fingerprint density at radius 1 is 1.25 bits per heavy atom. The Kier molecular flexibility index (Phi) is 4.45. The molecule has 0 aliphatic rings. The molecule has 2 aromatic heterocycles. The Labute approximate surface area is 146 Å². The molecule has 4 nitrogen and oxygen atoms in total. The summed E-state index contributed by atoms with van der Waals surface area (Å²) >= 11 is 1.49. The van der Waals surface area contributed by atoms with Crippen molar-refractivity contribution in [2.75, 3.05) is 7.05 Å². The van der Waals surface area contributed by atoms with E-state index in [-0.39, 0.29) is 11.9 Å². The van der Waals surface area contributed by atoms with E-state index in [2.05, 4.69) is 18.8 Å². The summed E-state index contributed by atoms with van der Waals surface area (Å²) in [6, 6.07) is 9.74. The van der Waals surface area contributed by atoms with Gasteiger partial charge in [0.1, 0.15) is 16.2 Å². The number of hydrogen-bond acceptors (Lipinski definition) is 4. The Balaban J connectivity index is 1.87. The standard InChI is InChI=1S/C19H22N2O2S/c1-11(2)18-20-12(3)17(24-18)19(22)21(5)13(4)16-10-14-8-6-7-9-15(14)23-16/h6-11,13H,1-5H3. The van der Waals surface area contributed by atoms with E-state index in [1.165, 1.54) is 11.3 Å². The van der Waals surface area contributed by atoms with Crippen LogP contribution >= 0.6 is 11.3 Å². The largest absolute Gasteiger partial charge is 0.459 e. The maximum atomic E-state index is 12.9. The van der Waals surface area contributed by atoms with Crippen LogP contribution in [0, 0.1) is 6.92 Å². The number of para-hydroxylation sites is 1. The molecule has 1 unspecified atom stereocenters. The molecule has 0 spiro atoms. The lowest BCUT2D eigenvalue weighted by molar-refractivity contribution is 0.0731. The van der Waals surface area contributed by atoms with Crippen LogP contribution < -0.4 is 0 Å². The molecule has 3 aromatic rings. The molecule has 0 aliphatic heterocycles. The van der Waals surface area contributed by atoms with Gasteiger partial charge in [0.05, 0.1) is 16.7 Å². The molecule has 0 saturated heterocycles. The molecule has 0 aliphatic carbocycles. The first-order valence-corrected chi connectivity index (χ1v) is 8.93. The molecule has 2 heterocycles. The van der Waals surface area contributed by atoms with Gasteiger partial charge in [0.25, 0.3) is 5.91 Å². The lowest BCUT2D eigenvalue weighted by atomic mass is 10.2. The maximum Gasteiger partial charge on any atom is 0.266 e. The topological polar surface area (TPSA) is 46.3 Å². The Morgan fingerprint density at radius 2 is 1.96 bits per heavy atom. The fraction of sp³-hybridized carbons (Fsp3) is 0.368. The van der Waals surface area contributed by atoms with Gasteiger partial charge < -0.3 is 9.32 Å². The van der Waals surface area contributed by atoms with E-state index < -0.39 is 0 Å². The predicted molar refractivity (Wildman–Crippen MR) is 97.7 cm³/mol. The van der Waals surface area contributed by atoms with Crippen molar-refractivity contribution < 1.29 is 9.21 Å². The van der Waals surface area contributed by atoms with Gasteiger partial charge in [-0.2, -0.15) is 0 Å². The number of aryl methyl sites for hydroxylation is 1. The summed E-state index contributed by atoms with van der Waals surface area (Å²) in [5.74, 6) is 1.11. The average Bonchev–Trinajstić information content (AvgIpc) is 3.16. The molecular weight excluding hydrogens is 320 g/mol. The van der Waals surface area contributed by atoms with Gasteiger partial charge in [0.2, 0.25) is 0 Å². The zero-order chi connectivity index (χ0) is 17.4. The SMILES string of the molecule is Cc1nc(C(C)C)sc1C(=O)N(C)C(C)c1cc2ccccc2o1. The van der Waals surface area contributed by atoms with Crippen LogP contribution in [0.1, 0.15) is 58.9 Å². The van der Waals surface area contributed by atoms with E-state index >= 15 is 0 Å². The van der Waals surface area contributed by atoms with Gasteiger partial charge in [0, 0.05) is 18.4 Å². The van der Waals surface area contributed by atoms with Crippen LogP contribution in [0.25, 0.3) is 11.0 Å². The molecular formula is C19H22N2O2S. The summed E-state index contributed by atoms with van der Waals surface area (Å²) in [5.41, 5.74) is 1.65. The summed E-state index contributed by atoms with van der Waals surface area (Å²) in [6.45, 7) is 8.06. The van der Waals surface area contributed by atoms with Crippen LogP contribution in [0.4, 0.5) is 0 Å². The van der Waals surface area contributed by atoms with Gasteiger partial charge in [-0.3, -0.25) is 4.79 Å². The Hall–Kier alpha value is -2.14. The maximum absolute atomic E-state index is 12.9. The monoisotopic (exact) mass is 342 g/mol. The van der Waals surface area contributed by atoms with E-state index in [4.69, 9.17) is 4.42 Å². The predicted octanol–water partition coefficient (Wildman–Crippen LogP) is 5.15. The molecule has 1 atom stereocenters. The van der Waals surface area contributed by atoms with Gasteiger partial charge in [-0.25, -0.2) is 4.98 Å². The van der Waals surface area contributed by atoms with Crippen LogP contribution in [-0.4, -0.2) is 22.8 Å². The van der Waals surface area contributed by atoms with Crippen molar-refractivity contribution in [3.63, 3.8) is 0 Å². The number of thiazole rings is 1. The third-order valence-electron chi connectivity index (χ3n) is 4.26. The van der Waals surface area contributed by atoms with Crippen molar-refractivity contribution in [1.82, 2.24) is 9.88 Å². The Bertz CT molecular complexity index is 846. The smallest absolute Gasteiger partial charge is 0.266 e.